The van der Waals surface area contributed by atoms with Gasteiger partial charge in [-0.1, -0.05) is 20.8 Å². The molecule has 0 aliphatic rings. The number of hydrogen-bond donors (Lipinski definition) is 1. The number of rotatable bonds is 4. The highest BCUT2D eigenvalue weighted by Crippen LogP contribution is 2.29. The molecule has 1 unspecified atom stereocenters. The molecule has 1 aromatic carbocycles. The Balaban J connectivity index is 3.00. The van der Waals surface area contributed by atoms with Crippen molar-refractivity contribution in [2.75, 3.05) is 6.61 Å². The molecular weight excluding hydrogens is 234 g/mol. The van der Waals surface area contributed by atoms with Crippen LogP contribution in [0, 0.1) is 21.4 Å². The van der Waals surface area contributed by atoms with Gasteiger partial charge in [0.05, 0.1) is 17.4 Å². The number of nitro groups is 1. The van der Waals surface area contributed by atoms with Gasteiger partial charge in [-0.25, -0.2) is 0 Å². The number of nitrogens with zero attached hydrogens (tertiary/aromatic N) is 1. The summed E-state index contributed by atoms with van der Waals surface area (Å²) in [5.74, 6) is -0.709. The van der Waals surface area contributed by atoms with E-state index in [1.54, 1.807) is 0 Å². The van der Waals surface area contributed by atoms with Gasteiger partial charge in [0, 0.05) is 17.7 Å². The smallest absolute Gasteiger partial charge is 0.269 e. The van der Waals surface area contributed by atoms with Crippen molar-refractivity contribution >= 4 is 11.5 Å². The van der Waals surface area contributed by atoms with Crippen LogP contribution < -0.4 is 0 Å². The molecule has 0 aliphatic carbocycles. The molecule has 5 nitrogen and oxygen atoms in total. The van der Waals surface area contributed by atoms with Crippen molar-refractivity contribution in [1.82, 2.24) is 0 Å². The van der Waals surface area contributed by atoms with E-state index >= 15 is 0 Å². The van der Waals surface area contributed by atoms with E-state index in [0.717, 1.165) is 0 Å². The second-order valence-corrected chi connectivity index (χ2v) is 5.27. The molecule has 18 heavy (non-hydrogen) atoms. The molecule has 0 aromatic heterocycles. The van der Waals surface area contributed by atoms with E-state index < -0.39 is 10.8 Å². The van der Waals surface area contributed by atoms with Crippen molar-refractivity contribution in [2.24, 2.45) is 11.3 Å². The monoisotopic (exact) mass is 251 g/mol. The fraction of sp³-hybridized carbons (Fsp3) is 0.462. The minimum absolute atomic E-state index is 0.0529. The Labute approximate surface area is 106 Å². The minimum atomic E-state index is -0.515. The quantitative estimate of drug-likeness (QED) is 0.506. The Kier molecular flexibility index (Phi) is 4.19. The Morgan fingerprint density at radius 3 is 2.17 bits per heavy atom. The second-order valence-electron chi connectivity index (χ2n) is 5.27. The number of carbonyl (C=O) groups is 1. The summed E-state index contributed by atoms with van der Waals surface area (Å²) in [6, 6.07) is 5.44. The van der Waals surface area contributed by atoms with E-state index in [4.69, 9.17) is 0 Å². The maximum absolute atomic E-state index is 12.2. The molecule has 1 rings (SSSR count). The van der Waals surface area contributed by atoms with Crippen LogP contribution in [0.1, 0.15) is 31.1 Å². The zero-order valence-electron chi connectivity index (χ0n) is 10.7. The molecule has 1 atom stereocenters. The topological polar surface area (TPSA) is 80.4 Å². The lowest BCUT2D eigenvalue weighted by Crippen LogP contribution is -2.31. The molecule has 0 aliphatic heterocycles. The lowest BCUT2D eigenvalue weighted by Gasteiger charge is -2.27. The molecule has 0 fully saturated rings. The molecule has 1 aromatic rings. The Hall–Kier alpha value is -1.75. The van der Waals surface area contributed by atoms with Crippen molar-refractivity contribution in [2.45, 2.75) is 20.8 Å². The normalized spacial score (nSPS) is 13.1. The third kappa shape index (κ3) is 3.13. The summed E-state index contributed by atoms with van der Waals surface area (Å²) in [5.41, 5.74) is -0.0226. The second kappa shape index (κ2) is 5.27. The van der Waals surface area contributed by atoms with Crippen LogP contribution in [0.15, 0.2) is 24.3 Å². The SMILES string of the molecule is CC(C)(C)C(CO)C(=O)c1ccc([N+](=O)[O-])cc1. The van der Waals surface area contributed by atoms with Gasteiger partial charge in [-0.15, -0.1) is 0 Å². The lowest BCUT2D eigenvalue weighted by atomic mass is 9.77. The van der Waals surface area contributed by atoms with Gasteiger partial charge in [-0.05, 0) is 17.5 Å². The van der Waals surface area contributed by atoms with Crippen molar-refractivity contribution < 1.29 is 14.8 Å². The predicted molar refractivity (Wildman–Crippen MR) is 67.5 cm³/mol. The summed E-state index contributed by atoms with van der Waals surface area (Å²) < 4.78 is 0. The molecular formula is C13H17NO4. The first-order valence-electron chi connectivity index (χ1n) is 5.67. The molecule has 0 heterocycles. The van der Waals surface area contributed by atoms with E-state index in [-0.39, 0.29) is 23.5 Å². The van der Waals surface area contributed by atoms with E-state index in [1.165, 1.54) is 24.3 Å². The van der Waals surface area contributed by atoms with E-state index in [9.17, 15) is 20.0 Å². The molecule has 0 saturated carbocycles. The predicted octanol–water partition coefficient (Wildman–Crippen LogP) is 2.43. The number of non-ortho nitro benzene ring substituents is 1. The van der Waals surface area contributed by atoms with Crippen molar-refractivity contribution in [1.29, 1.82) is 0 Å². The van der Waals surface area contributed by atoms with Crippen LogP contribution in [-0.4, -0.2) is 22.4 Å². The van der Waals surface area contributed by atoms with Crippen LogP contribution in [-0.2, 0) is 0 Å². The van der Waals surface area contributed by atoms with Crippen molar-refractivity contribution in [3.8, 4) is 0 Å². The molecule has 0 amide bonds. The van der Waals surface area contributed by atoms with Gasteiger partial charge in [0.25, 0.3) is 5.69 Å². The largest absolute Gasteiger partial charge is 0.396 e. The van der Waals surface area contributed by atoms with E-state index in [0.29, 0.717) is 5.56 Å². The highest BCUT2D eigenvalue weighted by Gasteiger charge is 2.31. The fourth-order valence-electron chi connectivity index (χ4n) is 1.70. The first-order chi connectivity index (χ1) is 8.27. The van der Waals surface area contributed by atoms with Crippen LogP contribution in [0.25, 0.3) is 0 Å². The molecule has 0 saturated heterocycles. The van der Waals surface area contributed by atoms with E-state index in [2.05, 4.69) is 0 Å². The van der Waals surface area contributed by atoms with Gasteiger partial charge in [0.15, 0.2) is 5.78 Å². The summed E-state index contributed by atoms with van der Waals surface area (Å²) in [4.78, 5) is 22.2. The number of Topliss-reactive ketones (excluding diaryl/α,β-unsaturated/α-hetero) is 1. The standard InChI is InChI=1S/C13H17NO4/c1-13(2,3)11(8-15)12(16)9-4-6-10(7-5-9)14(17)18/h4-7,11,15H,8H2,1-3H3. The fourth-order valence-corrected chi connectivity index (χ4v) is 1.70. The Bertz CT molecular complexity index is 445. The van der Waals surface area contributed by atoms with Crippen molar-refractivity contribution in [3.63, 3.8) is 0 Å². The molecule has 5 heteroatoms. The first kappa shape index (κ1) is 14.3. The number of ketones is 1. The van der Waals surface area contributed by atoms with Gasteiger partial charge in [-0.2, -0.15) is 0 Å². The molecule has 0 radical (unpaired) electrons. The highest BCUT2D eigenvalue weighted by atomic mass is 16.6. The van der Waals surface area contributed by atoms with E-state index in [1.807, 2.05) is 20.8 Å². The zero-order valence-corrected chi connectivity index (χ0v) is 10.7. The van der Waals surface area contributed by atoms with Gasteiger partial charge < -0.3 is 5.11 Å². The molecule has 0 bridgehead atoms. The molecule has 0 spiro atoms. The molecule has 1 N–H and O–H groups in total. The molecule has 98 valence electrons. The first-order valence-corrected chi connectivity index (χ1v) is 5.67. The average molecular weight is 251 g/mol. The summed E-state index contributed by atoms with van der Waals surface area (Å²) >= 11 is 0. The van der Waals surface area contributed by atoms with Crippen molar-refractivity contribution in [3.05, 3.63) is 39.9 Å². The highest BCUT2D eigenvalue weighted by molar-refractivity contribution is 5.98. The number of hydrogen-bond acceptors (Lipinski definition) is 4. The Morgan fingerprint density at radius 2 is 1.83 bits per heavy atom. The third-order valence-corrected chi connectivity index (χ3v) is 2.91. The lowest BCUT2D eigenvalue weighted by molar-refractivity contribution is -0.384. The summed E-state index contributed by atoms with van der Waals surface area (Å²) in [7, 11) is 0. The number of nitro benzene ring substituents is 1. The van der Waals surface area contributed by atoms with Crippen LogP contribution >= 0.6 is 0 Å². The summed E-state index contributed by atoms with van der Waals surface area (Å²) in [6.45, 7) is 5.38. The Morgan fingerprint density at radius 1 is 1.33 bits per heavy atom. The minimum Gasteiger partial charge on any atom is -0.396 e. The maximum Gasteiger partial charge on any atom is 0.269 e. The van der Waals surface area contributed by atoms with Gasteiger partial charge in [0.2, 0.25) is 0 Å². The number of benzene rings is 1. The van der Waals surface area contributed by atoms with Crippen LogP contribution in [0.4, 0.5) is 5.69 Å². The van der Waals surface area contributed by atoms with Crippen LogP contribution in [0.3, 0.4) is 0 Å². The average Bonchev–Trinajstić information content (AvgIpc) is 2.28. The van der Waals surface area contributed by atoms with Crippen LogP contribution in [0.2, 0.25) is 0 Å². The number of aliphatic hydroxyl groups is 1. The summed E-state index contributed by atoms with van der Waals surface area (Å²) in [5, 5.41) is 19.8. The third-order valence-electron chi connectivity index (χ3n) is 2.91. The van der Waals surface area contributed by atoms with Gasteiger partial charge in [0.1, 0.15) is 0 Å². The van der Waals surface area contributed by atoms with Crippen LogP contribution in [0.5, 0.6) is 0 Å². The summed E-state index contributed by atoms with van der Waals surface area (Å²) in [6.07, 6.45) is 0. The van der Waals surface area contributed by atoms with Gasteiger partial charge >= 0.3 is 0 Å². The number of aliphatic hydroxyl groups excluding tert-OH is 1. The maximum atomic E-state index is 12.2. The number of carbonyl (C=O) groups excluding carboxylic acids is 1. The zero-order chi connectivity index (χ0) is 13.9. The van der Waals surface area contributed by atoms with Gasteiger partial charge in [-0.3, -0.25) is 14.9 Å².